The van der Waals surface area contributed by atoms with Gasteiger partial charge in [0.1, 0.15) is 0 Å². The molecular formula is C19H28N2O4S. The fourth-order valence-electron chi connectivity index (χ4n) is 3.48. The number of carbonyl (C=O) groups excluding carboxylic acids is 1. The van der Waals surface area contributed by atoms with Gasteiger partial charge < -0.3 is 9.64 Å². The minimum atomic E-state index is -3.54. The summed E-state index contributed by atoms with van der Waals surface area (Å²) in [6.07, 6.45) is -0.0593. The number of sulfonamides is 1. The number of rotatable bonds is 3. The number of benzene rings is 1. The number of amides is 1. The second kappa shape index (κ2) is 6.94. The first-order valence-electron chi connectivity index (χ1n) is 9.05. The molecule has 1 aromatic carbocycles. The second-order valence-corrected chi connectivity index (χ2v) is 10.5. The van der Waals surface area contributed by atoms with Crippen molar-refractivity contribution in [3.05, 3.63) is 29.8 Å². The van der Waals surface area contributed by atoms with Crippen LogP contribution in [0.1, 0.15) is 32.8 Å². The van der Waals surface area contributed by atoms with E-state index in [0.29, 0.717) is 24.4 Å². The van der Waals surface area contributed by atoms with Gasteiger partial charge in [-0.25, -0.2) is 8.42 Å². The lowest BCUT2D eigenvalue weighted by molar-refractivity contribution is -0.156. The van der Waals surface area contributed by atoms with E-state index in [1.807, 2.05) is 32.6 Å². The number of ether oxygens (including phenoxy) is 1. The summed E-state index contributed by atoms with van der Waals surface area (Å²) < 4.78 is 33.3. The Kier molecular flexibility index (Phi) is 5.16. The second-order valence-electron chi connectivity index (χ2n) is 8.55. The van der Waals surface area contributed by atoms with Gasteiger partial charge in [0.05, 0.1) is 17.1 Å². The summed E-state index contributed by atoms with van der Waals surface area (Å²) in [6.45, 7) is 9.53. The Labute approximate surface area is 156 Å². The lowest BCUT2D eigenvalue weighted by Gasteiger charge is -2.45. The van der Waals surface area contributed by atoms with Crippen LogP contribution in [0.5, 0.6) is 0 Å². The molecule has 2 fully saturated rings. The zero-order valence-corrected chi connectivity index (χ0v) is 16.8. The van der Waals surface area contributed by atoms with E-state index in [9.17, 15) is 13.2 Å². The van der Waals surface area contributed by atoms with Gasteiger partial charge in [-0.15, -0.1) is 0 Å². The lowest BCUT2D eigenvalue weighted by atomic mass is 9.91. The van der Waals surface area contributed by atoms with Gasteiger partial charge in [-0.2, -0.15) is 4.31 Å². The molecule has 144 valence electrons. The van der Waals surface area contributed by atoms with E-state index < -0.39 is 10.0 Å². The third kappa shape index (κ3) is 4.27. The summed E-state index contributed by atoms with van der Waals surface area (Å²) in [5, 5.41) is 0. The maximum Gasteiger partial charge on any atom is 0.243 e. The standard InChI is InChI=1S/C19H28N2O4S/c1-14-5-7-17(8-6-14)26(23,24)21-12-15-10-20(11-16(13-21)25-15)18(22)9-19(2,3)4/h5-8,15-16H,9-13H2,1-4H3. The molecule has 1 amide bonds. The lowest BCUT2D eigenvalue weighted by Crippen LogP contribution is -2.61. The molecular weight excluding hydrogens is 352 g/mol. The predicted octanol–water partition coefficient (Wildman–Crippen LogP) is 2.03. The van der Waals surface area contributed by atoms with Crippen molar-refractivity contribution >= 4 is 15.9 Å². The summed E-state index contributed by atoms with van der Waals surface area (Å²) in [7, 11) is -3.54. The van der Waals surface area contributed by atoms with Crippen LogP contribution in [0.4, 0.5) is 0 Å². The van der Waals surface area contributed by atoms with Crippen LogP contribution in [0, 0.1) is 12.3 Å². The van der Waals surface area contributed by atoms with Gasteiger partial charge in [0, 0.05) is 32.6 Å². The molecule has 1 aromatic rings. The molecule has 0 spiro atoms. The summed E-state index contributed by atoms with van der Waals surface area (Å²) in [5.74, 6) is 0.116. The van der Waals surface area contributed by atoms with Crippen LogP contribution < -0.4 is 0 Å². The van der Waals surface area contributed by atoms with Crippen LogP contribution in [0.2, 0.25) is 0 Å². The molecule has 26 heavy (non-hydrogen) atoms. The van der Waals surface area contributed by atoms with E-state index in [1.54, 1.807) is 24.3 Å². The molecule has 7 heteroatoms. The average Bonchev–Trinajstić information content (AvgIpc) is 2.52. The molecule has 2 heterocycles. The van der Waals surface area contributed by atoms with Crippen LogP contribution in [0.15, 0.2) is 29.2 Å². The highest BCUT2D eigenvalue weighted by Crippen LogP contribution is 2.27. The van der Waals surface area contributed by atoms with Crippen molar-refractivity contribution in [2.75, 3.05) is 26.2 Å². The quantitative estimate of drug-likeness (QED) is 0.805. The maximum atomic E-state index is 12.9. The SMILES string of the molecule is Cc1ccc(S(=O)(=O)N2CC3CN(C(=O)CC(C)(C)C)CC(C2)O3)cc1. The summed E-state index contributed by atoms with van der Waals surface area (Å²) in [5.41, 5.74) is 0.960. The number of nitrogens with zero attached hydrogens (tertiary/aromatic N) is 2. The summed E-state index contributed by atoms with van der Waals surface area (Å²) in [6, 6.07) is 6.91. The molecule has 2 aliphatic rings. The van der Waals surface area contributed by atoms with Crippen LogP contribution in [-0.4, -0.2) is 61.9 Å². The van der Waals surface area contributed by atoms with Crippen molar-refractivity contribution < 1.29 is 17.9 Å². The van der Waals surface area contributed by atoms with Crippen LogP contribution in [0.3, 0.4) is 0 Å². The molecule has 2 aliphatic heterocycles. The molecule has 2 unspecified atom stereocenters. The third-order valence-electron chi connectivity index (χ3n) is 4.74. The van der Waals surface area contributed by atoms with Crippen molar-refractivity contribution in [3.63, 3.8) is 0 Å². The Hall–Kier alpha value is -1.44. The van der Waals surface area contributed by atoms with Crippen molar-refractivity contribution in [1.82, 2.24) is 9.21 Å². The van der Waals surface area contributed by atoms with E-state index in [0.717, 1.165) is 5.56 Å². The van der Waals surface area contributed by atoms with E-state index in [1.165, 1.54) is 4.31 Å². The van der Waals surface area contributed by atoms with Crippen molar-refractivity contribution in [2.45, 2.75) is 51.2 Å². The summed E-state index contributed by atoms with van der Waals surface area (Å²) >= 11 is 0. The van der Waals surface area contributed by atoms with E-state index in [-0.39, 0.29) is 36.6 Å². The molecule has 3 rings (SSSR count). The maximum absolute atomic E-state index is 12.9. The molecule has 0 aliphatic carbocycles. The number of morpholine rings is 2. The topological polar surface area (TPSA) is 66.9 Å². The smallest absolute Gasteiger partial charge is 0.243 e. The van der Waals surface area contributed by atoms with Crippen molar-refractivity contribution in [1.29, 1.82) is 0 Å². The molecule has 0 aromatic heterocycles. The molecule has 0 radical (unpaired) electrons. The number of aryl methyl sites for hydroxylation is 1. The predicted molar refractivity (Wildman–Crippen MR) is 99.3 cm³/mol. The minimum Gasteiger partial charge on any atom is -0.369 e. The van der Waals surface area contributed by atoms with Gasteiger partial charge >= 0.3 is 0 Å². The number of carbonyl (C=O) groups is 1. The first-order valence-corrected chi connectivity index (χ1v) is 10.5. The molecule has 2 atom stereocenters. The van der Waals surface area contributed by atoms with Crippen LogP contribution in [0.25, 0.3) is 0 Å². The Bertz CT molecular complexity index is 754. The van der Waals surface area contributed by atoms with Crippen molar-refractivity contribution in [2.24, 2.45) is 5.41 Å². The van der Waals surface area contributed by atoms with Gasteiger partial charge in [0.15, 0.2) is 0 Å². The van der Waals surface area contributed by atoms with Gasteiger partial charge in [-0.1, -0.05) is 38.5 Å². The molecule has 2 bridgehead atoms. The molecule has 0 N–H and O–H groups in total. The van der Waals surface area contributed by atoms with E-state index >= 15 is 0 Å². The van der Waals surface area contributed by atoms with Crippen LogP contribution in [-0.2, 0) is 19.6 Å². The first-order chi connectivity index (χ1) is 12.0. The summed E-state index contributed by atoms with van der Waals surface area (Å²) in [4.78, 5) is 14.7. The van der Waals surface area contributed by atoms with Gasteiger partial charge in [0.2, 0.25) is 15.9 Å². The van der Waals surface area contributed by atoms with Gasteiger partial charge in [0.25, 0.3) is 0 Å². The van der Waals surface area contributed by atoms with Crippen LogP contribution >= 0.6 is 0 Å². The Morgan fingerprint density at radius 2 is 1.62 bits per heavy atom. The normalized spacial score (nSPS) is 24.5. The molecule has 6 nitrogen and oxygen atoms in total. The van der Waals surface area contributed by atoms with E-state index in [2.05, 4.69) is 0 Å². The Balaban J connectivity index is 1.70. The van der Waals surface area contributed by atoms with Crippen molar-refractivity contribution in [3.8, 4) is 0 Å². The number of hydrogen-bond acceptors (Lipinski definition) is 4. The number of hydrogen-bond donors (Lipinski definition) is 0. The van der Waals surface area contributed by atoms with Gasteiger partial charge in [-0.3, -0.25) is 4.79 Å². The van der Waals surface area contributed by atoms with E-state index in [4.69, 9.17) is 4.74 Å². The monoisotopic (exact) mass is 380 g/mol. The average molecular weight is 381 g/mol. The Morgan fingerprint density at radius 1 is 1.08 bits per heavy atom. The zero-order chi connectivity index (χ0) is 19.1. The molecule has 2 saturated heterocycles. The largest absolute Gasteiger partial charge is 0.369 e. The zero-order valence-electron chi connectivity index (χ0n) is 15.9. The van der Waals surface area contributed by atoms with Gasteiger partial charge in [-0.05, 0) is 24.5 Å². The first kappa shape index (κ1) is 19.3. The minimum absolute atomic E-state index is 0.0642. The molecule has 0 saturated carbocycles. The number of fused-ring (bicyclic) bond motifs is 2. The highest BCUT2D eigenvalue weighted by molar-refractivity contribution is 7.89. The Morgan fingerprint density at radius 3 is 2.12 bits per heavy atom. The fourth-order valence-corrected chi connectivity index (χ4v) is 4.98. The highest BCUT2D eigenvalue weighted by Gasteiger charge is 2.41. The fraction of sp³-hybridized carbons (Fsp3) is 0.632. The highest BCUT2D eigenvalue weighted by atomic mass is 32.2. The third-order valence-corrected chi connectivity index (χ3v) is 6.59.